The smallest absolute Gasteiger partial charge is 0.253 e. The molecule has 0 bridgehead atoms. The first-order valence-corrected chi connectivity index (χ1v) is 6.49. The Hall–Kier alpha value is -2.62. The lowest BCUT2D eigenvalue weighted by atomic mass is 10.1. The van der Waals surface area contributed by atoms with E-state index >= 15 is 0 Å². The van der Waals surface area contributed by atoms with Crippen LogP contribution >= 0.6 is 0 Å². The predicted octanol–water partition coefficient (Wildman–Crippen LogP) is 2.84. The fraction of sp³-hybridized carbons (Fsp3) is 0.125. The SMILES string of the molecule is Cc1cncc(NCc2cc3ccccc3[nH]c2=O)c1. The van der Waals surface area contributed by atoms with Gasteiger partial charge in [0.05, 0.1) is 5.69 Å². The number of para-hydroxylation sites is 1. The molecule has 0 aliphatic rings. The van der Waals surface area contributed by atoms with E-state index in [1.165, 1.54) is 0 Å². The Morgan fingerprint density at radius 1 is 1.20 bits per heavy atom. The molecule has 0 radical (unpaired) electrons. The van der Waals surface area contributed by atoms with E-state index in [9.17, 15) is 4.79 Å². The molecule has 2 heterocycles. The molecule has 0 unspecified atom stereocenters. The van der Waals surface area contributed by atoms with E-state index in [-0.39, 0.29) is 5.56 Å². The number of hydrogen-bond donors (Lipinski definition) is 2. The zero-order valence-electron chi connectivity index (χ0n) is 11.2. The lowest BCUT2D eigenvalue weighted by Gasteiger charge is -2.07. The second-order valence-corrected chi connectivity index (χ2v) is 4.82. The molecule has 0 amide bonds. The van der Waals surface area contributed by atoms with Gasteiger partial charge in [-0.05, 0) is 36.1 Å². The van der Waals surface area contributed by atoms with E-state index in [4.69, 9.17) is 0 Å². The zero-order chi connectivity index (χ0) is 13.9. The normalized spacial score (nSPS) is 10.7. The highest BCUT2D eigenvalue weighted by atomic mass is 16.1. The Labute approximate surface area is 116 Å². The van der Waals surface area contributed by atoms with Crippen LogP contribution in [0.25, 0.3) is 10.9 Å². The minimum Gasteiger partial charge on any atom is -0.380 e. The summed E-state index contributed by atoms with van der Waals surface area (Å²) < 4.78 is 0. The number of H-pyrrole nitrogens is 1. The Balaban J connectivity index is 1.87. The fourth-order valence-electron chi connectivity index (χ4n) is 2.17. The molecular weight excluding hydrogens is 250 g/mol. The van der Waals surface area contributed by atoms with Crippen molar-refractivity contribution in [2.75, 3.05) is 5.32 Å². The first-order valence-electron chi connectivity index (χ1n) is 6.49. The molecule has 1 aromatic carbocycles. The number of pyridine rings is 2. The minimum atomic E-state index is -0.0585. The second-order valence-electron chi connectivity index (χ2n) is 4.82. The monoisotopic (exact) mass is 265 g/mol. The van der Waals surface area contributed by atoms with Gasteiger partial charge in [0.1, 0.15) is 0 Å². The van der Waals surface area contributed by atoms with E-state index in [2.05, 4.69) is 15.3 Å². The number of anilines is 1. The summed E-state index contributed by atoms with van der Waals surface area (Å²) in [6, 6.07) is 11.7. The molecule has 2 aromatic heterocycles. The van der Waals surface area contributed by atoms with Gasteiger partial charge in [0, 0.05) is 30.0 Å². The van der Waals surface area contributed by atoms with E-state index in [1.54, 1.807) is 12.4 Å². The third-order valence-corrected chi connectivity index (χ3v) is 3.19. The van der Waals surface area contributed by atoms with Gasteiger partial charge in [0.25, 0.3) is 5.56 Å². The number of fused-ring (bicyclic) bond motifs is 1. The van der Waals surface area contributed by atoms with Crippen LogP contribution in [0.1, 0.15) is 11.1 Å². The van der Waals surface area contributed by atoms with Crippen LogP contribution < -0.4 is 10.9 Å². The maximum absolute atomic E-state index is 12.0. The number of rotatable bonds is 3. The number of benzene rings is 1. The first kappa shape index (κ1) is 12.4. The van der Waals surface area contributed by atoms with Crippen molar-refractivity contribution in [3.63, 3.8) is 0 Å². The highest BCUT2D eigenvalue weighted by molar-refractivity contribution is 5.78. The molecule has 0 saturated carbocycles. The van der Waals surface area contributed by atoms with Gasteiger partial charge < -0.3 is 10.3 Å². The molecule has 3 rings (SSSR count). The molecule has 0 aliphatic heterocycles. The van der Waals surface area contributed by atoms with E-state index in [0.717, 1.165) is 22.2 Å². The summed E-state index contributed by atoms with van der Waals surface area (Å²) in [6.07, 6.45) is 3.55. The molecule has 0 atom stereocenters. The highest BCUT2D eigenvalue weighted by Gasteiger charge is 2.02. The molecule has 0 spiro atoms. The molecule has 100 valence electrons. The summed E-state index contributed by atoms with van der Waals surface area (Å²) in [5.41, 5.74) is 3.51. The highest BCUT2D eigenvalue weighted by Crippen LogP contribution is 2.12. The van der Waals surface area contributed by atoms with Crippen LogP contribution in [0.15, 0.2) is 53.6 Å². The Kier molecular flexibility index (Phi) is 3.21. The van der Waals surface area contributed by atoms with Gasteiger partial charge in [-0.25, -0.2) is 0 Å². The molecule has 0 aliphatic carbocycles. The molecule has 0 saturated heterocycles. The third kappa shape index (κ3) is 2.54. The van der Waals surface area contributed by atoms with E-state index < -0.39 is 0 Å². The molecule has 4 heteroatoms. The van der Waals surface area contributed by atoms with Gasteiger partial charge in [0.15, 0.2) is 0 Å². The van der Waals surface area contributed by atoms with Crippen molar-refractivity contribution in [3.05, 3.63) is 70.3 Å². The van der Waals surface area contributed by atoms with Crippen LogP contribution in [-0.4, -0.2) is 9.97 Å². The van der Waals surface area contributed by atoms with Crippen molar-refractivity contribution in [2.24, 2.45) is 0 Å². The number of nitrogens with one attached hydrogen (secondary N) is 2. The van der Waals surface area contributed by atoms with Crippen molar-refractivity contribution in [1.82, 2.24) is 9.97 Å². The number of aromatic nitrogens is 2. The fourth-order valence-corrected chi connectivity index (χ4v) is 2.17. The molecular formula is C16H15N3O. The van der Waals surface area contributed by atoms with E-state index in [1.807, 2.05) is 43.3 Å². The Morgan fingerprint density at radius 2 is 2.05 bits per heavy atom. The number of hydrogen-bond acceptors (Lipinski definition) is 3. The van der Waals surface area contributed by atoms with Crippen LogP contribution in [0.3, 0.4) is 0 Å². The third-order valence-electron chi connectivity index (χ3n) is 3.19. The number of aryl methyl sites for hydroxylation is 1. The van der Waals surface area contributed by atoms with Crippen molar-refractivity contribution in [3.8, 4) is 0 Å². The minimum absolute atomic E-state index is 0.0585. The molecule has 4 nitrogen and oxygen atoms in total. The van der Waals surface area contributed by atoms with Crippen LogP contribution in [0, 0.1) is 6.92 Å². The molecule has 3 aromatic rings. The van der Waals surface area contributed by atoms with Crippen molar-refractivity contribution < 1.29 is 0 Å². The standard InChI is InChI=1S/C16H15N3O/c1-11-6-14(10-17-8-11)18-9-13-7-12-4-2-3-5-15(12)19-16(13)20/h2-8,10,18H,9H2,1H3,(H,19,20). The van der Waals surface area contributed by atoms with Crippen LogP contribution in [0.5, 0.6) is 0 Å². The van der Waals surface area contributed by atoms with Crippen molar-refractivity contribution in [1.29, 1.82) is 0 Å². The summed E-state index contributed by atoms with van der Waals surface area (Å²) in [5, 5.41) is 4.26. The van der Waals surface area contributed by atoms with E-state index in [0.29, 0.717) is 12.1 Å². The topological polar surface area (TPSA) is 57.8 Å². The average Bonchev–Trinajstić information content (AvgIpc) is 2.45. The average molecular weight is 265 g/mol. The summed E-state index contributed by atoms with van der Waals surface area (Å²) in [4.78, 5) is 19.0. The van der Waals surface area contributed by atoms with Crippen molar-refractivity contribution >= 4 is 16.6 Å². The lowest BCUT2D eigenvalue weighted by molar-refractivity contribution is 1.08. The van der Waals surface area contributed by atoms with Gasteiger partial charge in [-0.1, -0.05) is 18.2 Å². The summed E-state index contributed by atoms with van der Waals surface area (Å²) in [6.45, 7) is 2.46. The number of aromatic amines is 1. The van der Waals surface area contributed by atoms with Gasteiger partial charge in [-0.3, -0.25) is 9.78 Å². The maximum atomic E-state index is 12.0. The Bertz CT molecular complexity index is 808. The second kappa shape index (κ2) is 5.17. The van der Waals surface area contributed by atoms with Crippen LogP contribution in [0.2, 0.25) is 0 Å². The van der Waals surface area contributed by atoms with Crippen molar-refractivity contribution in [2.45, 2.75) is 13.5 Å². The largest absolute Gasteiger partial charge is 0.380 e. The van der Waals surface area contributed by atoms with Gasteiger partial charge in [-0.15, -0.1) is 0 Å². The summed E-state index contributed by atoms with van der Waals surface area (Å²) in [5.74, 6) is 0. The lowest BCUT2D eigenvalue weighted by Crippen LogP contribution is -2.15. The summed E-state index contributed by atoms with van der Waals surface area (Å²) >= 11 is 0. The molecule has 20 heavy (non-hydrogen) atoms. The van der Waals surface area contributed by atoms with Gasteiger partial charge in [-0.2, -0.15) is 0 Å². The summed E-state index contributed by atoms with van der Waals surface area (Å²) in [7, 11) is 0. The predicted molar refractivity (Wildman–Crippen MR) is 80.9 cm³/mol. The first-order chi connectivity index (χ1) is 9.72. The molecule has 2 N–H and O–H groups in total. The molecule has 0 fully saturated rings. The van der Waals surface area contributed by atoms with Crippen LogP contribution in [-0.2, 0) is 6.54 Å². The maximum Gasteiger partial charge on any atom is 0.253 e. The number of nitrogens with zero attached hydrogens (tertiary/aromatic N) is 1. The van der Waals surface area contributed by atoms with Crippen LogP contribution in [0.4, 0.5) is 5.69 Å². The van der Waals surface area contributed by atoms with Gasteiger partial charge in [0.2, 0.25) is 0 Å². The zero-order valence-corrected chi connectivity index (χ0v) is 11.2. The quantitative estimate of drug-likeness (QED) is 0.765. The van der Waals surface area contributed by atoms with Gasteiger partial charge >= 0.3 is 0 Å². The Morgan fingerprint density at radius 3 is 2.90 bits per heavy atom.